The molecule has 39 heavy (non-hydrogen) atoms. The number of carbonyl (C=O) groups is 3. The Kier molecular flexibility index (Phi) is 5.19. The number of furan rings is 1. The highest BCUT2D eigenvalue weighted by molar-refractivity contribution is 6.34. The van der Waals surface area contributed by atoms with Crippen LogP contribution in [0.4, 0.5) is 11.4 Å². The molecule has 1 saturated heterocycles. The first-order valence-electron chi connectivity index (χ1n) is 12.8. The molecule has 7 heteroatoms. The van der Waals surface area contributed by atoms with Gasteiger partial charge < -0.3 is 14.6 Å². The van der Waals surface area contributed by atoms with Crippen molar-refractivity contribution in [1.29, 1.82) is 0 Å². The number of nitrogens with zero attached hydrogens (tertiary/aromatic N) is 1. The summed E-state index contributed by atoms with van der Waals surface area (Å²) in [7, 11) is 0. The Hall–Kier alpha value is -4.42. The number of halogens is 1. The van der Waals surface area contributed by atoms with Gasteiger partial charge in [0.2, 0.25) is 11.7 Å². The summed E-state index contributed by atoms with van der Waals surface area (Å²) < 4.78 is 5.58. The lowest BCUT2D eigenvalue weighted by molar-refractivity contribution is -0.121. The van der Waals surface area contributed by atoms with Gasteiger partial charge in [-0.2, -0.15) is 0 Å². The van der Waals surface area contributed by atoms with E-state index in [1.807, 2.05) is 66.4 Å². The maximum atomic E-state index is 14.6. The number of fused-ring (bicyclic) bond motifs is 6. The number of hydrogen-bond donors (Lipinski definition) is 1. The Balaban J connectivity index is 1.57. The van der Waals surface area contributed by atoms with Crippen molar-refractivity contribution in [2.75, 3.05) is 10.2 Å². The van der Waals surface area contributed by atoms with Crippen molar-refractivity contribution in [3.8, 4) is 0 Å². The van der Waals surface area contributed by atoms with Crippen molar-refractivity contribution in [1.82, 2.24) is 0 Å². The van der Waals surface area contributed by atoms with Gasteiger partial charge in [0.25, 0.3) is 0 Å². The summed E-state index contributed by atoms with van der Waals surface area (Å²) in [6, 6.07) is 23.6. The molecule has 4 heterocycles. The molecule has 3 aliphatic rings. The molecular weight excluding hydrogens is 512 g/mol. The molecule has 1 fully saturated rings. The minimum atomic E-state index is -1.39. The number of hydrogen-bond acceptors (Lipinski definition) is 5. The average molecular weight is 535 g/mol. The molecule has 7 rings (SSSR count). The van der Waals surface area contributed by atoms with Crippen LogP contribution in [-0.4, -0.2) is 29.6 Å². The molecule has 1 spiro atoms. The molecule has 1 amide bonds. The predicted octanol–water partition coefficient (Wildman–Crippen LogP) is 6.18. The van der Waals surface area contributed by atoms with Crippen LogP contribution in [0.5, 0.6) is 0 Å². The standard InChI is InChI=1S/C32H23ClN2O4/c1-18-17-26-32(21-11-4-6-13-23(21)34-31(32)38)27(30(37)25-15-8-16-39-25)28(29(36)20-10-2-5-12-22(20)33)35(26)24-14-7-3-9-19(18)24/h2-17,26-28H,1H3,(H,34,38)/t26-,27-,28-,32-/m0/s1. The van der Waals surface area contributed by atoms with E-state index < -0.39 is 29.2 Å². The third kappa shape index (κ3) is 3.12. The maximum absolute atomic E-state index is 14.6. The molecule has 0 radical (unpaired) electrons. The summed E-state index contributed by atoms with van der Waals surface area (Å²) >= 11 is 6.55. The van der Waals surface area contributed by atoms with Crippen LogP contribution < -0.4 is 10.2 Å². The Morgan fingerprint density at radius 3 is 2.46 bits per heavy atom. The minimum Gasteiger partial charge on any atom is -0.461 e. The Bertz CT molecular complexity index is 1710. The monoisotopic (exact) mass is 534 g/mol. The van der Waals surface area contributed by atoms with Crippen LogP contribution in [0.25, 0.3) is 5.57 Å². The van der Waals surface area contributed by atoms with Crippen molar-refractivity contribution in [2.45, 2.75) is 24.4 Å². The number of benzene rings is 3. The highest BCUT2D eigenvalue weighted by atomic mass is 35.5. The lowest BCUT2D eigenvalue weighted by Gasteiger charge is -2.39. The fraction of sp³-hybridized carbons (Fsp3) is 0.156. The molecule has 192 valence electrons. The molecule has 0 saturated carbocycles. The fourth-order valence-electron chi connectivity index (χ4n) is 6.78. The number of rotatable bonds is 4. The molecule has 1 aromatic heterocycles. The lowest BCUT2D eigenvalue weighted by Crippen LogP contribution is -2.51. The maximum Gasteiger partial charge on any atom is 0.238 e. The Labute approximate surface area is 229 Å². The topological polar surface area (TPSA) is 79.6 Å². The van der Waals surface area contributed by atoms with Gasteiger partial charge in [0, 0.05) is 22.5 Å². The summed E-state index contributed by atoms with van der Waals surface area (Å²) in [5, 5.41) is 3.32. The van der Waals surface area contributed by atoms with E-state index in [0.717, 1.165) is 16.8 Å². The smallest absolute Gasteiger partial charge is 0.238 e. The van der Waals surface area contributed by atoms with E-state index >= 15 is 0 Å². The van der Waals surface area contributed by atoms with Crippen molar-refractivity contribution in [3.05, 3.63) is 125 Å². The van der Waals surface area contributed by atoms with Gasteiger partial charge in [-0.1, -0.05) is 66.2 Å². The number of allylic oxidation sites excluding steroid dienone is 1. The van der Waals surface area contributed by atoms with Gasteiger partial charge in [0.05, 0.1) is 23.2 Å². The van der Waals surface area contributed by atoms with Crippen LogP contribution in [0.2, 0.25) is 5.02 Å². The Morgan fingerprint density at radius 1 is 0.923 bits per heavy atom. The van der Waals surface area contributed by atoms with E-state index in [-0.39, 0.29) is 22.5 Å². The molecule has 4 atom stereocenters. The summed E-state index contributed by atoms with van der Waals surface area (Å²) in [5.41, 5.74) is 2.93. The largest absolute Gasteiger partial charge is 0.461 e. The molecule has 6 nitrogen and oxygen atoms in total. The number of ketones is 2. The van der Waals surface area contributed by atoms with E-state index in [0.29, 0.717) is 16.8 Å². The van der Waals surface area contributed by atoms with Crippen molar-refractivity contribution in [3.63, 3.8) is 0 Å². The minimum absolute atomic E-state index is 0.0994. The van der Waals surface area contributed by atoms with Crippen LogP contribution in [0.15, 0.2) is 102 Å². The zero-order chi connectivity index (χ0) is 26.9. The second-order valence-corrected chi connectivity index (χ2v) is 10.6. The van der Waals surface area contributed by atoms with Crippen LogP contribution in [0, 0.1) is 5.92 Å². The van der Waals surface area contributed by atoms with Gasteiger partial charge in [-0.3, -0.25) is 14.4 Å². The SMILES string of the molecule is CC1=C[C@@H]2N(c3ccccc31)[C@H](C(=O)c1ccccc1Cl)[C@@H](C(=O)c1ccco1)[C@@]21C(=O)Nc2ccccc21. The molecule has 0 aliphatic carbocycles. The van der Waals surface area contributed by atoms with E-state index in [4.69, 9.17) is 16.0 Å². The van der Waals surface area contributed by atoms with Gasteiger partial charge in [-0.15, -0.1) is 0 Å². The number of nitrogens with one attached hydrogen (secondary N) is 1. The van der Waals surface area contributed by atoms with Crippen LogP contribution >= 0.6 is 11.6 Å². The van der Waals surface area contributed by atoms with Gasteiger partial charge in [-0.25, -0.2) is 0 Å². The molecule has 1 N–H and O–H groups in total. The quantitative estimate of drug-likeness (QED) is 0.316. The Morgan fingerprint density at radius 2 is 1.67 bits per heavy atom. The van der Waals surface area contributed by atoms with E-state index in [1.54, 1.807) is 36.4 Å². The highest BCUT2D eigenvalue weighted by Crippen LogP contribution is 2.59. The first-order valence-corrected chi connectivity index (χ1v) is 13.2. The second kappa shape index (κ2) is 8.55. The van der Waals surface area contributed by atoms with E-state index in [1.165, 1.54) is 6.26 Å². The van der Waals surface area contributed by atoms with Gasteiger partial charge in [-0.05, 0) is 54.5 Å². The number of carbonyl (C=O) groups excluding carboxylic acids is 3. The van der Waals surface area contributed by atoms with Crippen LogP contribution in [0.3, 0.4) is 0 Å². The molecule has 0 bridgehead atoms. The van der Waals surface area contributed by atoms with Gasteiger partial charge >= 0.3 is 0 Å². The molecule has 3 aliphatic heterocycles. The molecule has 0 unspecified atom stereocenters. The van der Waals surface area contributed by atoms with Crippen molar-refractivity contribution >= 4 is 46.0 Å². The van der Waals surface area contributed by atoms with Gasteiger partial charge in [0.1, 0.15) is 11.5 Å². The normalized spacial score (nSPS) is 24.6. The second-order valence-electron chi connectivity index (χ2n) is 10.2. The zero-order valence-corrected chi connectivity index (χ0v) is 21.7. The first-order chi connectivity index (χ1) is 18.9. The summed E-state index contributed by atoms with van der Waals surface area (Å²) in [4.78, 5) is 45.3. The summed E-state index contributed by atoms with van der Waals surface area (Å²) in [6.45, 7) is 2.00. The number of anilines is 2. The molecule has 4 aromatic rings. The predicted molar refractivity (Wildman–Crippen MR) is 149 cm³/mol. The third-order valence-corrected chi connectivity index (χ3v) is 8.67. The van der Waals surface area contributed by atoms with E-state index in [9.17, 15) is 14.4 Å². The first kappa shape index (κ1) is 23.7. The van der Waals surface area contributed by atoms with Crippen LogP contribution in [0.1, 0.15) is 39.0 Å². The van der Waals surface area contributed by atoms with Crippen molar-refractivity contribution in [2.24, 2.45) is 5.92 Å². The average Bonchev–Trinajstić information content (AvgIpc) is 3.66. The highest BCUT2D eigenvalue weighted by Gasteiger charge is 2.70. The number of Topliss-reactive ketones (excluding diaryl/α,β-unsaturated/α-hetero) is 2. The van der Waals surface area contributed by atoms with E-state index in [2.05, 4.69) is 5.32 Å². The third-order valence-electron chi connectivity index (χ3n) is 8.34. The fourth-order valence-corrected chi connectivity index (χ4v) is 7.01. The van der Waals surface area contributed by atoms with Crippen LogP contribution in [-0.2, 0) is 10.2 Å². The summed E-state index contributed by atoms with van der Waals surface area (Å²) in [5.74, 6) is -2.05. The zero-order valence-electron chi connectivity index (χ0n) is 20.9. The number of amides is 1. The lowest BCUT2D eigenvalue weighted by atomic mass is 9.64. The molecular formula is C32H23ClN2O4. The molecule has 3 aromatic carbocycles. The number of para-hydroxylation sites is 2. The summed E-state index contributed by atoms with van der Waals surface area (Å²) in [6.07, 6.45) is 3.45. The van der Waals surface area contributed by atoms with Gasteiger partial charge in [0.15, 0.2) is 11.5 Å². The van der Waals surface area contributed by atoms with Crippen molar-refractivity contribution < 1.29 is 18.8 Å².